The first-order chi connectivity index (χ1) is 9.39. The van der Waals surface area contributed by atoms with Crippen molar-refractivity contribution in [1.82, 2.24) is 4.72 Å². The summed E-state index contributed by atoms with van der Waals surface area (Å²) in [5, 5.41) is 0. The highest BCUT2D eigenvalue weighted by Gasteiger charge is 2.39. The van der Waals surface area contributed by atoms with Gasteiger partial charge in [0, 0.05) is 17.1 Å². The van der Waals surface area contributed by atoms with Crippen LogP contribution in [-0.4, -0.2) is 14.5 Å². The number of benzene rings is 1. The zero-order chi connectivity index (χ0) is 14.9. The van der Waals surface area contributed by atoms with E-state index in [0.717, 1.165) is 34.9 Å². The molecule has 112 valence electrons. The standard InChI is InChI=1S/C14H21BrN2O2S/c1-3-4-11-7-13(11)17-20(18,19)14-6-10(8-16)5-12(15)9(14)2/h5-6,11,13,17H,3-4,7-8,16H2,1-2H3. The molecule has 3 N–H and O–H groups in total. The third kappa shape index (κ3) is 3.42. The highest BCUT2D eigenvalue weighted by molar-refractivity contribution is 9.10. The van der Waals surface area contributed by atoms with Crippen LogP contribution in [0.2, 0.25) is 0 Å². The minimum Gasteiger partial charge on any atom is -0.326 e. The van der Waals surface area contributed by atoms with Crippen LogP contribution in [-0.2, 0) is 16.6 Å². The van der Waals surface area contributed by atoms with Gasteiger partial charge in [-0.2, -0.15) is 0 Å². The summed E-state index contributed by atoms with van der Waals surface area (Å²) in [7, 11) is -3.47. The fourth-order valence-electron chi connectivity index (χ4n) is 2.45. The van der Waals surface area contributed by atoms with Gasteiger partial charge in [0.2, 0.25) is 10.0 Å². The molecule has 0 saturated heterocycles. The van der Waals surface area contributed by atoms with Crippen molar-refractivity contribution in [2.24, 2.45) is 11.7 Å². The fourth-order valence-corrected chi connectivity index (χ4v) is 4.72. The van der Waals surface area contributed by atoms with Crippen molar-refractivity contribution in [1.29, 1.82) is 0 Å². The van der Waals surface area contributed by atoms with Gasteiger partial charge < -0.3 is 5.73 Å². The molecule has 0 radical (unpaired) electrons. The van der Waals surface area contributed by atoms with E-state index in [0.29, 0.717) is 17.4 Å². The summed E-state index contributed by atoms with van der Waals surface area (Å²) in [6.45, 7) is 4.24. The van der Waals surface area contributed by atoms with Crippen molar-refractivity contribution < 1.29 is 8.42 Å². The maximum Gasteiger partial charge on any atom is 0.241 e. The molecule has 1 fully saturated rings. The molecule has 0 aliphatic heterocycles. The lowest BCUT2D eigenvalue weighted by Gasteiger charge is -2.12. The van der Waals surface area contributed by atoms with Crippen LogP contribution in [0, 0.1) is 12.8 Å². The number of hydrogen-bond acceptors (Lipinski definition) is 3. The highest BCUT2D eigenvalue weighted by atomic mass is 79.9. The van der Waals surface area contributed by atoms with Crippen molar-refractivity contribution in [3.05, 3.63) is 27.7 Å². The molecule has 0 heterocycles. The van der Waals surface area contributed by atoms with E-state index in [1.165, 1.54) is 0 Å². The molecule has 1 aliphatic rings. The van der Waals surface area contributed by atoms with Gasteiger partial charge in [-0.3, -0.25) is 0 Å². The Balaban J connectivity index is 2.24. The van der Waals surface area contributed by atoms with Crippen molar-refractivity contribution in [2.75, 3.05) is 0 Å². The summed E-state index contributed by atoms with van der Waals surface area (Å²) in [4.78, 5) is 0.328. The Hall–Kier alpha value is -0.430. The maximum atomic E-state index is 12.5. The van der Waals surface area contributed by atoms with Crippen molar-refractivity contribution >= 4 is 26.0 Å². The molecule has 0 bridgehead atoms. The average molecular weight is 361 g/mol. The second-order valence-corrected chi connectivity index (χ2v) is 7.95. The minimum absolute atomic E-state index is 0.0969. The monoisotopic (exact) mass is 360 g/mol. The quantitative estimate of drug-likeness (QED) is 0.818. The summed E-state index contributed by atoms with van der Waals surface area (Å²) < 4.78 is 28.6. The Kier molecular flexibility index (Phi) is 4.89. The number of halogens is 1. The zero-order valence-electron chi connectivity index (χ0n) is 11.8. The van der Waals surface area contributed by atoms with Crippen molar-refractivity contribution in [3.63, 3.8) is 0 Å². The molecule has 0 amide bonds. The van der Waals surface area contributed by atoms with E-state index >= 15 is 0 Å². The van der Waals surface area contributed by atoms with Gasteiger partial charge in [-0.05, 0) is 48.9 Å². The number of nitrogens with one attached hydrogen (secondary N) is 1. The van der Waals surface area contributed by atoms with E-state index in [4.69, 9.17) is 5.73 Å². The van der Waals surface area contributed by atoms with Gasteiger partial charge in [0.25, 0.3) is 0 Å². The third-order valence-corrected chi connectivity index (χ3v) is 6.21. The van der Waals surface area contributed by atoms with E-state index in [1.807, 2.05) is 6.07 Å². The lowest BCUT2D eigenvalue weighted by Crippen LogP contribution is -2.28. The minimum atomic E-state index is -3.47. The number of rotatable bonds is 6. The summed E-state index contributed by atoms with van der Waals surface area (Å²) in [6, 6.07) is 3.63. The predicted octanol–water partition coefficient (Wildman–Crippen LogP) is 2.68. The van der Waals surface area contributed by atoms with Crippen LogP contribution in [0.4, 0.5) is 0 Å². The molecule has 20 heavy (non-hydrogen) atoms. The summed E-state index contributed by atoms with van der Waals surface area (Å²) in [5.41, 5.74) is 7.15. The number of sulfonamides is 1. The number of hydrogen-bond donors (Lipinski definition) is 2. The Morgan fingerprint density at radius 1 is 1.45 bits per heavy atom. The van der Waals surface area contributed by atoms with Gasteiger partial charge in [0.15, 0.2) is 0 Å². The van der Waals surface area contributed by atoms with Crippen LogP contribution < -0.4 is 10.5 Å². The Morgan fingerprint density at radius 2 is 2.15 bits per heavy atom. The molecule has 0 spiro atoms. The molecule has 1 aliphatic carbocycles. The Morgan fingerprint density at radius 3 is 2.75 bits per heavy atom. The fraction of sp³-hybridized carbons (Fsp3) is 0.571. The molecule has 6 heteroatoms. The van der Waals surface area contributed by atoms with Crippen molar-refractivity contribution in [2.45, 2.75) is 50.6 Å². The predicted molar refractivity (Wildman–Crippen MR) is 83.9 cm³/mol. The van der Waals surface area contributed by atoms with E-state index in [-0.39, 0.29) is 6.04 Å². The lowest BCUT2D eigenvalue weighted by molar-refractivity contribution is 0.572. The molecule has 1 saturated carbocycles. The topological polar surface area (TPSA) is 72.2 Å². The third-order valence-electron chi connectivity index (χ3n) is 3.77. The molecule has 1 aromatic carbocycles. The molecule has 0 aromatic heterocycles. The van der Waals surface area contributed by atoms with Crippen LogP contribution in [0.25, 0.3) is 0 Å². The number of nitrogens with two attached hydrogens (primary N) is 1. The molecule has 2 unspecified atom stereocenters. The molecule has 1 aromatic rings. The summed E-state index contributed by atoms with van der Waals surface area (Å²) >= 11 is 3.40. The van der Waals surface area contributed by atoms with Gasteiger partial charge in [-0.15, -0.1) is 0 Å². The summed E-state index contributed by atoms with van der Waals surface area (Å²) in [6.07, 6.45) is 3.12. The smallest absolute Gasteiger partial charge is 0.241 e. The molecule has 2 rings (SSSR count). The molecule has 4 nitrogen and oxygen atoms in total. The van der Waals surface area contributed by atoms with Gasteiger partial charge in [-0.25, -0.2) is 13.1 Å². The maximum absolute atomic E-state index is 12.5. The van der Waals surface area contributed by atoms with E-state index in [2.05, 4.69) is 27.6 Å². The normalized spacial score (nSPS) is 22.0. The second kappa shape index (κ2) is 6.13. The largest absolute Gasteiger partial charge is 0.326 e. The average Bonchev–Trinajstić information content (AvgIpc) is 3.09. The van der Waals surface area contributed by atoms with Crippen molar-refractivity contribution in [3.8, 4) is 0 Å². The van der Waals surface area contributed by atoms with Crippen LogP contribution in [0.15, 0.2) is 21.5 Å². The molecule has 2 atom stereocenters. The first-order valence-electron chi connectivity index (χ1n) is 6.90. The van der Waals surface area contributed by atoms with Crippen LogP contribution >= 0.6 is 15.9 Å². The zero-order valence-corrected chi connectivity index (χ0v) is 14.2. The van der Waals surface area contributed by atoms with Crippen LogP contribution in [0.5, 0.6) is 0 Å². The Bertz CT molecular complexity index is 601. The van der Waals surface area contributed by atoms with E-state index < -0.39 is 10.0 Å². The van der Waals surface area contributed by atoms with Gasteiger partial charge in [0.1, 0.15) is 0 Å². The second-order valence-electron chi connectivity index (χ2n) is 5.42. The van der Waals surface area contributed by atoms with Gasteiger partial charge in [0.05, 0.1) is 4.90 Å². The molecular weight excluding hydrogens is 340 g/mol. The van der Waals surface area contributed by atoms with Crippen LogP contribution in [0.1, 0.15) is 37.3 Å². The lowest BCUT2D eigenvalue weighted by atomic mass is 10.1. The van der Waals surface area contributed by atoms with Crippen LogP contribution in [0.3, 0.4) is 0 Å². The highest BCUT2D eigenvalue weighted by Crippen LogP contribution is 2.36. The SMILES string of the molecule is CCCC1CC1NS(=O)(=O)c1cc(CN)cc(Br)c1C. The van der Waals surface area contributed by atoms with Gasteiger partial charge in [-0.1, -0.05) is 29.3 Å². The molecular formula is C14H21BrN2O2S. The van der Waals surface area contributed by atoms with E-state index in [9.17, 15) is 8.42 Å². The first-order valence-corrected chi connectivity index (χ1v) is 9.18. The Labute approximate surface area is 129 Å². The summed E-state index contributed by atoms with van der Waals surface area (Å²) in [5.74, 6) is 0.496. The van der Waals surface area contributed by atoms with E-state index in [1.54, 1.807) is 13.0 Å². The first kappa shape index (κ1) is 15.9. The van der Waals surface area contributed by atoms with Gasteiger partial charge >= 0.3 is 0 Å².